The molecule has 0 unspecified atom stereocenters. The number of para-hydroxylation sites is 1. The van der Waals surface area contributed by atoms with Crippen LogP contribution >= 0.6 is 0 Å². The molecule has 1 aromatic heterocycles. The molecule has 0 aliphatic heterocycles. The molecule has 68 valence electrons. The molecule has 1 heterocycles. The average Bonchev–Trinajstić information content (AvgIpc) is 2.44. The summed E-state index contributed by atoms with van der Waals surface area (Å²) in [5.41, 5.74) is 6.63. The molecule has 0 aliphatic carbocycles. The molecule has 0 amide bonds. The average molecular weight is 175 g/mol. The first kappa shape index (κ1) is 8.32. The SMILES string of the molecule is C[C@H](N)Cc1cc2ccccc2o1. The number of hydrogen-bond acceptors (Lipinski definition) is 2. The van der Waals surface area contributed by atoms with Crippen LogP contribution in [0, 0.1) is 0 Å². The Bertz CT molecular complexity index is 370. The van der Waals surface area contributed by atoms with Crippen LogP contribution < -0.4 is 5.73 Å². The van der Waals surface area contributed by atoms with Crippen LogP contribution in [0.3, 0.4) is 0 Å². The smallest absolute Gasteiger partial charge is 0.134 e. The van der Waals surface area contributed by atoms with E-state index in [0.717, 1.165) is 23.2 Å². The van der Waals surface area contributed by atoms with Crippen molar-refractivity contribution in [2.24, 2.45) is 5.73 Å². The second kappa shape index (κ2) is 3.23. The Hall–Kier alpha value is -1.28. The highest BCUT2D eigenvalue weighted by atomic mass is 16.3. The standard InChI is InChI=1S/C11H13NO/c1-8(12)6-10-7-9-4-2-3-5-11(9)13-10/h2-5,7-8H,6,12H2,1H3/t8-/m0/s1. The zero-order valence-corrected chi connectivity index (χ0v) is 7.66. The van der Waals surface area contributed by atoms with Crippen molar-refractivity contribution < 1.29 is 4.42 Å². The van der Waals surface area contributed by atoms with E-state index in [0.29, 0.717) is 0 Å². The first-order chi connectivity index (χ1) is 6.25. The van der Waals surface area contributed by atoms with E-state index in [4.69, 9.17) is 10.2 Å². The third-order valence-corrected chi connectivity index (χ3v) is 2.00. The normalized spacial score (nSPS) is 13.4. The lowest BCUT2D eigenvalue weighted by Gasteiger charge is -1.98. The molecule has 1 aromatic carbocycles. The van der Waals surface area contributed by atoms with Crippen molar-refractivity contribution in [2.75, 3.05) is 0 Å². The van der Waals surface area contributed by atoms with Crippen LogP contribution in [0.2, 0.25) is 0 Å². The lowest BCUT2D eigenvalue weighted by molar-refractivity contribution is 0.525. The van der Waals surface area contributed by atoms with Gasteiger partial charge in [-0.2, -0.15) is 0 Å². The Morgan fingerprint density at radius 1 is 1.38 bits per heavy atom. The van der Waals surface area contributed by atoms with Gasteiger partial charge in [-0.3, -0.25) is 0 Å². The van der Waals surface area contributed by atoms with Crippen LogP contribution in [-0.2, 0) is 6.42 Å². The zero-order chi connectivity index (χ0) is 9.26. The molecule has 0 aliphatic rings. The predicted molar refractivity (Wildman–Crippen MR) is 53.6 cm³/mol. The molecule has 1 atom stereocenters. The molecular weight excluding hydrogens is 162 g/mol. The van der Waals surface area contributed by atoms with Crippen LogP contribution in [-0.4, -0.2) is 6.04 Å². The summed E-state index contributed by atoms with van der Waals surface area (Å²) in [6.45, 7) is 1.98. The highest BCUT2D eigenvalue weighted by Gasteiger charge is 2.04. The minimum absolute atomic E-state index is 0.153. The minimum Gasteiger partial charge on any atom is -0.461 e. The quantitative estimate of drug-likeness (QED) is 0.760. The summed E-state index contributed by atoms with van der Waals surface area (Å²) >= 11 is 0. The molecule has 0 saturated heterocycles. The Balaban J connectivity index is 2.38. The third-order valence-electron chi connectivity index (χ3n) is 2.00. The second-order valence-electron chi connectivity index (χ2n) is 3.43. The van der Waals surface area contributed by atoms with Crippen molar-refractivity contribution in [1.29, 1.82) is 0 Å². The fraction of sp³-hybridized carbons (Fsp3) is 0.273. The zero-order valence-electron chi connectivity index (χ0n) is 7.66. The van der Waals surface area contributed by atoms with Gasteiger partial charge in [0.15, 0.2) is 0 Å². The fourth-order valence-corrected chi connectivity index (χ4v) is 1.45. The van der Waals surface area contributed by atoms with Gasteiger partial charge in [0.1, 0.15) is 11.3 Å². The van der Waals surface area contributed by atoms with Crippen LogP contribution in [0.5, 0.6) is 0 Å². The van der Waals surface area contributed by atoms with Crippen LogP contribution in [0.25, 0.3) is 11.0 Å². The van der Waals surface area contributed by atoms with Gasteiger partial charge in [0, 0.05) is 17.8 Å². The van der Waals surface area contributed by atoms with Gasteiger partial charge in [-0.15, -0.1) is 0 Å². The monoisotopic (exact) mass is 175 g/mol. The molecule has 2 nitrogen and oxygen atoms in total. The highest BCUT2D eigenvalue weighted by molar-refractivity contribution is 5.77. The van der Waals surface area contributed by atoms with Gasteiger partial charge in [-0.1, -0.05) is 18.2 Å². The Labute approximate surface area is 77.3 Å². The van der Waals surface area contributed by atoms with E-state index in [2.05, 4.69) is 6.07 Å². The first-order valence-corrected chi connectivity index (χ1v) is 4.49. The van der Waals surface area contributed by atoms with E-state index in [1.807, 2.05) is 31.2 Å². The number of hydrogen-bond donors (Lipinski definition) is 1. The van der Waals surface area contributed by atoms with E-state index in [1.54, 1.807) is 0 Å². The summed E-state index contributed by atoms with van der Waals surface area (Å²) in [6, 6.07) is 10.2. The molecule has 2 heteroatoms. The molecule has 13 heavy (non-hydrogen) atoms. The summed E-state index contributed by atoms with van der Waals surface area (Å²) in [6.07, 6.45) is 0.800. The van der Waals surface area contributed by atoms with E-state index >= 15 is 0 Å². The van der Waals surface area contributed by atoms with E-state index < -0.39 is 0 Å². The van der Waals surface area contributed by atoms with Crippen molar-refractivity contribution in [3.05, 3.63) is 36.1 Å². The van der Waals surface area contributed by atoms with Gasteiger partial charge in [0.05, 0.1) is 0 Å². The van der Waals surface area contributed by atoms with Crippen molar-refractivity contribution >= 4 is 11.0 Å². The molecular formula is C11H13NO. The van der Waals surface area contributed by atoms with Crippen molar-refractivity contribution in [1.82, 2.24) is 0 Å². The van der Waals surface area contributed by atoms with Crippen LogP contribution in [0.1, 0.15) is 12.7 Å². The Morgan fingerprint density at radius 2 is 2.15 bits per heavy atom. The van der Waals surface area contributed by atoms with Gasteiger partial charge in [-0.05, 0) is 19.1 Å². The lowest BCUT2D eigenvalue weighted by Crippen LogP contribution is -2.17. The van der Waals surface area contributed by atoms with Gasteiger partial charge in [-0.25, -0.2) is 0 Å². The summed E-state index contributed by atoms with van der Waals surface area (Å²) < 4.78 is 5.60. The topological polar surface area (TPSA) is 39.2 Å². The third kappa shape index (κ3) is 1.73. The van der Waals surface area contributed by atoms with Gasteiger partial charge in [0.25, 0.3) is 0 Å². The van der Waals surface area contributed by atoms with Crippen molar-refractivity contribution in [2.45, 2.75) is 19.4 Å². The fourth-order valence-electron chi connectivity index (χ4n) is 1.45. The molecule has 2 rings (SSSR count). The highest BCUT2D eigenvalue weighted by Crippen LogP contribution is 2.19. The maximum Gasteiger partial charge on any atom is 0.134 e. The molecule has 0 radical (unpaired) electrons. The number of benzene rings is 1. The van der Waals surface area contributed by atoms with E-state index in [-0.39, 0.29) is 6.04 Å². The van der Waals surface area contributed by atoms with Gasteiger partial charge >= 0.3 is 0 Å². The number of fused-ring (bicyclic) bond motifs is 1. The summed E-state index contributed by atoms with van der Waals surface area (Å²) in [4.78, 5) is 0. The maximum absolute atomic E-state index is 5.69. The van der Waals surface area contributed by atoms with E-state index in [9.17, 15) is 0 Å². The molecule has 2 N–H and O–H groups in total. The summed E-state index contributed by atoms with van der Waals surface area (Å²) in [7, 11) is 0. The van der Waals surface area contributed by atoms with Gasteiger partial charge < -0.3 is 10.2 Å². The van der Waals surface area contributed by atoms with Crippen LogP contribution in [0.15, 0.2) is 34.7 Å². The van der Waals surface area contributed by atoms with Crippen LogP contribution in [0.4, 0.5) is 0 Å². The molecule has 0 saturated carbocycles. The second-order valence-corrected chi connectivity index (χ2v) is 3.43. The molecule has 0 bridgehead atoms. The molecule has 0 spiro atoms. The molecule has 2 aromatic rings. The Kier molecular flexibility index (Phi) is 2.07. The predicted octanol–water partition coefficient (Wildman–Crippen LogP) is 2.32. The first-order valence-electron chi connectivity index (χ1n) is 4.49. The van der Waals surface area contributed by atoms with Crippen molar-refractivity contribution in [3.8, 4) is 0 Å². The lowest BCUT2D eigenvalue weighted by atomic mass is 10.2. The Morgan fingerprint density at radius 3 is 2.85 bits per heavy atom. The van der Waals surface area contributed by atoms with E-state index in [1.165, 1.54) is 0 Å². The minimum atomic E-state index is 0.153. The largest absolute Gasteiger partial charge is 0.461 e. The number of nitrogens with two attached hydrogens (primary N) is 1. The number of furan rings is 1. The summed E-state index contributed by atoms with van der Waals surface area (Å²) in [5, 5.41) is 1.15. The number of rotatable bonds is 2. The molecule has 0 fully saturated rings. The van der Waals surface area contributed by atoms with Gasteiger partial charge in [0.2, 0.25) is 0 Å². The maximum atomic E-state index is 5.69. The van der Waals surface area contributed by atoms with Crippen molar-refractivity contribution in [3.63, 3.8) is 0 Å². The summed E-state index contributed by atoms with van der Waals surface area (Å²) in [5.74, 6) is 0.969.